The van der Waals surface area contributed by atoms with Gasteiger partial charge in [0, 0.05) is 42.5 Å². The van der Waals surface area contributed by atoms with Crippen molar-refractivity contribution in [2.45, 2.75) is 15.2 Å². The fraction of sp³-hybridized carbons (Fsp3) is 0.0172. The highest BCUT2D eigenvalue weighted by Crippen LogP contribution is 2.61. The smallest absolute Gasteiger partial charge is 0.238 e. The Kier molecular flexibility index (Phi) is 7.48. The summed E-state index contributed by atoms with van der Waals surface area (Å²) in [6, 6.07) is 76.7. The molecule has 6 heteroatoms. The number of aromatic nitrogens is 5. The quantitative estimate of drug-likeness (QED) is 0.177. The van der Waals surface area contributed by atoms with Gasteiger partial charge in [-0.3, -0.25) is 4.57 Å². The van der Waals surface area contributed by atoms with Crippen LogP contribution in [0.25, 0.3) is 89.2 Å². The zero-order valence-electron chi connectivity index (χ0n) is 34.4. The number of fused-ring (bicyclic) bond motifs is 14. The molecule has 1 spiro atoms. The van der Waals surface area contributed by atoms with Crippen LogP contribution in [0.2, 0.25) is 0 Å². The molecule has 0 saturated heterocycles. The number of hydrogen-bond acceptors (Lipinski definition) is 4. The number of nitrogens with zero attached hydrogens (tertiary/aromatic N) is 5. The molecule has 0 radical (unpaired) electrons. The zero-order valence-corrected chi connectivity index (χ0v) is 35.2. The van der Waals surface area contributed by atoms with Crippen LogP contribution in [0.3, 0.4) is 0 Å². The van der Waals surface area contributed by atoms with Crippen molar-refractivity contribution in [3.8, 4) is 45.5 Å². The molecule has 0 fully saturated rings. The van der Waals surface area contributed by atoms with Crippen LogP contribution in [0, 0.1) is 0 Å². The molecule has 14 rings (SSSR count). The Bertz CT molecular complexity index is 3870. The van der Waals surface area contributed by atoms with E-state index in [2.05, 4.69) is 197 Å². The summed E-state index contributed by atoms with van der Waals surface area (Å²) in [6.45, 7) is 0. The van der Waals surface area contributed by atoms with Crippen LogP contribution < -0.4 is 0 Å². The summed E-state index contributed by atoms with van der Waals surface area (Å²) in [7, 11) is 0. The van der Waals surface area contributed by atoms with Crippen molar-refractivity contribution < 1.29 is 0 Å². The van der Waals surface area contributed by atoms with Gasteiger partial charge < -0.3 is 4.57 Å². The van der Waals surface area contributed by atoms with Crippen molar-refractivity contribution in [1.29, 1.82) is 0 Å². The average Bonchev–Trinajstić information content (AvgIpc) is 3.88. The molecule has 0 amide bonds. The Hall–Kier alpha value is -8.06. The third kappa shape index (κ3) is 4.88. The molecular formula is C58H35N5S. The largest absolute Gasteiger partial charge is 0.309 e. The average molecular weight is 834 g/mol. The highest BCUT2D eigenvalue weighted by molar-refractivity contribution is 7.99. The van der Waals surface area contributed by atoms with Crippen LogP contribution in [0.15, 0.2) is 222 Å². The molecule has 9 aromatic carbocycles. The summed E-state index contributed by atoms with van der Waals surface area (Å²) in [4.78, 5) is 18.4. The van der Waals surface area contributed by atoms with Gasteiger partial charge in [-0.2, -0.15) is 9.97 Å². The predicted octanol–water partition coefficient (Wildman–Crippen LogP) is 14.2. The lowest BCUT2D eigenvalue weighted by atomic mass is 9.62. The van der Waals surface area contributed by atoms with Gasteiger partial charge in [-0.05, 0) is 69.8 Å². The summed E-state index contributed by atoms with van der Waals surface area (Å²) in [5, 5.41) is 4.83. The molecule has 0 N–H and O–H groups in total. The third-order valence-electron chi connectivity index (χ3n) is 13.4. The molecule has 5 nitrogen and oxygen atoms in total. The molecular weight excluding hydrogens is 799 g/mol. The molecule has 2 aliphatic heterocycles. The summed E-state index contributed by atoms with van der Waals surface area (Å²) >= 11 is 1.87. The predicted molar refractivity (Wildman–Crippen MR) is 261 cm³/mol. The molecule has 5 heterocycles. The second kappa shape index (κ2) is 13.5. The standard InChI is InChI=1S/C58H35N5S/c1-3-16-36(17-4-1)37-30-32-39(33-31-37)56-59-55(38-18-5-2-6-19-38)60-57(61-56)63-49-27-12-8-21-41(49)43-34-53-47(35-51(43)63)58(45-24-10-14-29-52(45)64-53)44-23-9-13-28-50(44)62-48-26-11-7-20-40(48)42-22-15-25-46(58)54(42)62/h1-35H. The molecule has 2 aliphatic rings. The van der Waals surface area contributed by atoms with Crippen LogP contribution in [0.5, 0.6) is 0 Å². The maximum Gasteiger partial charge on any atom is 0.238 e. The third-order valence-corrected chi connectivity index (χ3v) is 14.6. The van der Waals surface area contributed by atoms with Gasteiger partial charge in [0.1, 0.15) is 0 Å². The van der Waals surface area contributed by atoms with Gasteiger partial charge in [0.25, 0.3) is 0 Å². The lowest BCUT2D eigenvalue weighted by Crippen LogP contribution is -2.37. The van der Waals surface area contributed by atoms with E-state index in [-0.39, 0.29) is 0 Å². The fourth-order valence-corrected chi connectivity index (χ4v) is 12.0. The Labute approximate surface area is 373 Å². The van der Waals surface area contributed by atoms with Crippen LogP contribution in [-0.4, -0.2) is 24.1 Å². The van der Waals surface area contributed by atoms with Crippen molar-refractivity contribution in [2.24, 2.45) is 0 Å². The summed E-state index contributed by atoms with van der Waals surface area (Å²) in [5.41, 5.74) is 14.4. The Morgan fingerprint density at radius 3 is 1.66 bits per heavy atom. The molecule has 298 valence electrons. The first kappa shape index (κ1) is 35.5. The lowest BCUT2D eigenvalue weighted by Gasteiger charge is -2.45. The van der Waals surface area contributed by atoms with E-state index in [4.69, 9.17) is 15.0 Å². The highest BCUT2D eigenvalue weighted by Gasteiger charge is 2.49. The first-order valence-electron chi connectivity index (χ1n) is 21.7. The highest BCUT2D eigenvalue weighted by atomic mass is 32.2. The molecule has 64 heavy (non-hydrogen) atoms. The van der Waals surface area contributed by atoms with Gasteiger partial charge in [-0.15, -0.1) is 0 Å². The monoisotopic (exact) mass is 833 g/mol. The molecule has 12 aromatic rings. The second-order valence-corrected chi connectivity index (χ2v) is 17.8. The van der Waals surface area contributed by atoms with Crippen LogP contribution in [-0.2, 0) is 5.41 Å². The fourth-order valence-electron chi connectivity index (χ4n) is 10.8. The van der Waals surface area contributed by atoms with Crippen LogP contribution in [0.4, 0.5) is 0 Å². The zero-order chi connectivity index (χ0) is 41.9. The topological polar surface area (TPSA) is 48.5 Å². The van der Waals surface area contributed by atoms with Gasteiger partial charge in [0.05, 0.1) is 33.2 Å². The molecule has 0 aliphatic carbocycles. The normalized spacial score (nSPS) is 14.9. The Balaban J connectivity index is 1.08. The molecule has 0 saturated carbocycles. The van der Waals surface area contributed by atoms with E-state index < -0.39 is 5.41 Å². The molecule has 1 atom stereocenters. The first-order chi connectivity index (χ1) is 31.7. The number of benzene rings is 9. The van der Waals surface area contributed by atoms with Gasteiger partial charge >= 0.3 is 0 Å². The first-order valence-corrected chi connectivity index (χ1v) is 22.5. The lowest BCUT2D eigenvalue weighted by molar-refractivity contribution is 0.690. The number of hydrogen-bond donors (Lipinski definition) is 0. The van der Waals surface area contributed by atoms with Gasteiger partial charge in [-0.1, -0.05) is 188 Å². The Morgan fingerprint density at radius 1 is 0.344 bits per heavy atom. The Morgan fingerprint density at radius 2 is 0.891 bits per heavy atom. The molecule has 3 aromatic heterocycles. The van der Waals surface area contributed by atoms with Crippen molar-refractivity contribution in [3.63, 3.8) is 0 Å². The maximum atomic E-state index is 5.38. The number of rotatable bonds is 4. The van der Waals surface area contributed by atoms with E-state index in [0.717, 1.165) is 38.5 Å². The molecule has 0 bridgehead atoms. The van der Waals surface area contributed by atoms with Gasteiger partial charge in [0.2, 0.25) is 5.95 Å². The maximum absolute atomic E-state index is 5.38. The summed E-state index contributed by atoms with van der Waals surface area (Å²) in [5.74, 6) is 1.82. The van der Waals surface area contributed by atoms with Crippen molar-refractivity contribution in [1.82, 2.24) is 24.1 Å². The van der Waals surface area contributed by atoms with Crippen molar-refractivity contribution >= 4 is 55.4 Å². The van der Waals surface area contributed by atoms with Crippen LogP contribution in [0.1, 0.15) is 22.3 Å². The summed E-state index contributed by atoms with van der Waals surface area (Å²) < 4.78 is 4.77. The van der Waals surface area contributed by atoms with E-state index in [1.807, 2.05) is 36.0 Å². The second-order valence-electron chi connectivity index (χ2n) is 16.7. The molecule has 1 unspecified atom stereocenters. The van der Waals surface area contributed by atoms with Crippen LogP contribution >= 0.6 is 11.8 Å². The van der Waals surface area contributed by atoms with Crippen molar-refractivity contribution in [3.05, 3.63) is 235 Å². The van der Waals surface area contributed by atoms with Crippen molar-refractivity contribution in [2.75, 3.05) is 0 Å². The van der Waals surface area contributed by atoms with E-state index in [1.54, 1.807) is 0 Å². The van der Waals surface area contributed by atoms with E-state index in [1.165, 1.54) is 65.1 Å². The van der Waals surface area contributed by atoms with E-state index in [9.17, 15) is 0 Å². The SMILES string of the molecule is c1ccc(-c2ccc(-c3nc(-c4ccccc4)nc(-n4c5ccccc5c5cc6c(cc54)C4(c5ccccc5S6)c5ccccc5-n5c6ccccc6c6cccc4c65)n3)cc2)cc1. The van der Waals surface area contributed by atoms with E-state index >= 15 is 0 Å². The van der Waals surface area contributed by atoms with Gasteiger partial charge in [0.15, 0.2) is 11.6 Å². The minimum Gasteiger partial charge on any atom is -0.309 e. The minimum absolute atomic E-state index is 0.575. The van der Waals surface area contributed by atoms with E-state index in [0.29, 0.717) is 17.6 Å². The minimum atomic E-state index is -0.632. The number of para-hydroxylation sites is 4. The summed E-state index contributed by atoms with van der Waals surface area (Å²) in [6.07, 6.45) is 0. The van der Waals surface area contributed by atoms with Gasteiger partial charge in [-0.25, -0.2) is 4.98 Å².